The Labute approximate surface area is 297 Å². The van der Waals surface area contributed by atoms with Crippen molar-refractivity contribution in [1.82, 2.24) is 0 Å². The molecule has 3 atom stereocenters. The summed E-state index contributed by atoms with van der Waals surface area (Å²) in [6, 6.07) is 57.1. The smallest absolute Gasteiger partial charge is 0.0238 e. The first-order valence-corrected chi connectivity index (χ1v) is 19.6. The second-order valence-electron chi connectivity index (χ2n) is 12.8. The third kappa shape index (κ3) is 7.18. The van der Waals surface area contributed by atoms with Crippen LogP contribution in [0.15, 0.2) is 169 Å². The maximum Gasteiger partial charge on any atom is -0.0238 e. The van der Waals surface area contributed by atoms with Crippen molar-refractivity contribution < 1.29 is 19.2 Å². The minimum Gasteiger partial charge on any atom is -0.0622 e. The van der Waals surface area contributed by atoms with Crippen molar-refractivity contribution in [1.29, 1.82) is 0 Å². The molecule has 0 saturated carbocycles. The Balaban J connectivity index is 0.000000218. The van der Waals surface area contributed by atoms with Gasteiger partial charge in [-0.05, 0) is 24.0 Å². The largest absolute Gasteiger partial charge is 0.0622 e. The third-order valence-corrected chi connectivity index (χ3v) is 15.4. The Hall–Kier alpha value is -4.06. The molecule has 2 aliphatic carbocycles. The third-order valence-electron chi connectivity index (χ3n) is 9.50. The molecular formula is C46H41PTi. The number of fused-ring (bicyclic) bond motifs is 2. The molecule has 8 rings (SSSR count). The van der Waals surface area contributed by atoms with E-state index in [4.69, 9.17) is 0 Å². The molecule has 0 fully saturated rings. The van der Waals surface area contributed by atoms with Crippen LogP contribution in [0.5, 0.6) is 0 Å². The summed E-state index contributed by atoms with van der Waals surface area (Å²) < 4.78 is 0.693. The number of hydrogen-bond acceptors (Lipinski definition) is 0. The summed E-state index contributed by atoms with van der Waals surface area (Å²) in [5.74, 6) is 0. The molecule has 48 heavy (non-hydrogen) atoms. The van der Waals surface area contributed by atoms with Crippen LogP contribution in [0.2, 0.25) is 0 Å². The fourth-order valence-corrected chi connectivity index (χ4v) is 12.7. The first kappa shape index (κ1) is 32.5. The van der Waals surface area contributed by atoms with E-state index in [2.05, 4.69) is 190 Å². The average molecular weight is 673 g/mol. The van der Waals surface area contributed by atoms with Crippen molar-refractivity contribution in [2.75, 3.05) is 0 Å². The van der Waals surface area contributed by atoms with Crippen LogP contribution in [-0.2, 0) is 35.5 Å². The Morgan fingerprint density at radius 3 is 1.90 bits per heavy atom. The van der Waals surface area contributed by atoms with Crippen LogP contribution in [0.3, 0.4) is 0 Å². The van der Waals surface area contributed by atoms with Crippen molar-refractivity contribution in [3.05, 3.63) is 208 Å². The summed E-state index contributed by atoms with van der Waals surface area (Å²) in [4.78, 5) is 0. The molecule has 2 heteroatoms. The first-order valence-electron chi connectivity index (χ1n) is 16.9. The maximum absolute atomic E-state index is 2.56. The van der Waals surface area contributed by atoms with Crippen LogP contribution in [-0.4, -0.2) is 0 Å². The van der Waals surface area contributed by atoms with Gasteiger partial charge in [0.05, 0.1) is 0 Å². The Kier molecular flexibility index (Phi) is 10.2. The van der Waals surface area contributed by atoms with E-state index in [1.54, 1.807) is 0 Å². The molecule has 2 aliphatic rings. The van der Waals surface area contributed by atoms with Gasteiger partial charge in [-0.2, -0.15) is 0 Å². The van der Waals surface area contributed by atoms with Gasteiger partial charge in [0.2, 0.25) is 0 Å². The van der Waals surface area contributed by atoms with Gasteiger partial charge in [-0.15, -0.1) is 0 Å². The molecule has 0 bridgehead atoms. The maximum atomic E-state index is 2.56. The molecule has 6 aromatic carbocycles. The van der Waals surface area contributed by atoms with E-state index in [1.165, 1.54) is 60.9 Å². The summed E-state index contributed by atoms with van der Waals surface area (Å²) in [7, 11) is 0.759. The molecule has 6 aromatic rings. The summed E-state index contributed by atoms with van der Waals surface area (Å²) in [6.07, 6.45) is 9.69. The van der Waals surface area contributed by atoms with Crippen LogP contribution in [0.1, 0.15) is 50.1 Å². The summed E-state index contributed by atoms with van der Waals surface area (Å²) in [5.41, 5.74) is 14.4. The summed E-state index contributed by atoms with van der Waals surface area (Å²) in [6.45, 7) is 4.63. The number of aryl methyl sites for hydroxylation is 3. The molecule has 234 valence electrons. The average Bonchev–Trinajstić information content (AvgIpc) is 3.66. The zero-order valence-corrected chi connectivity index (χ0v) is 30.3. The molecule has 0 aliphatic heterocycles. The van der Waals surface area contributed by atoms with Crippen molar-refractivity contribution in [3.8, 4) is 11.1 Å². The zero-order valence-electron chi connectivity index (χ0n) is 27.7. The molecule has 0 saturated heterocycles. The monoisotopic (exact) mass is 672 g/mol. The molecule has 0 spiro atoms. The molecular weight excluding hydrogens is 631 g/mol. The number of allylic oxidation sites excluding steroid dienone is 2. The van der Waals surface area contributed by atoms with Crippen molar-refractivity contribution >= 4 is 26.0 Å². The molecule has 3 unspecified atom stereocenters. The van der Waals surface area contributed by atoms with Crippen LogP contribution < -0.4 is 5.30 Å². The fourth-order valence-electron chi connectivity index (χ4n) is 6.92. The van der Waals surface area contributed by atoms with Gasteiger partial charge in [0.25, 0.3) is 0 Å². The molecule has 0 radical (unpaired) electrons. The van der Waals surface area contributed by atoms with Crippen molar-refractivity contribution in [2.24, 2.45) is 0 Å². The van der Waals surface area contributed by atoms with Gasteiger partial charge in [0.1, 0.15) is 0 Å². The van der Waals surface area contributed by atoms with E-state index < -0.39 is 19.2 Å². The first-order chi connectivity index (χ1) is 23.6. The normalized spacial score (nSPS) is 17.4. The summed E-state index contributed by atoms with van der Waals surface area (Å²) in [5, 5.41) is 1.51. The molecule has 0 amide bonds. The Morgan fingerprint density at radius 2 is 1.21 bits per heavy atom. The quantitative estimate of drug-likeness (QED) is 0.112. The minimum atomic E-state index is -0.435. The van der Waals surface area contributed by atoms with Crippen LogP contribution >= 0.6 is 8.58 Å². The molecule has 0 nitrogen and oxygen atoms in total. The van der Waals surface area contributed by atoms with Crippen molar-refractivity contribution in [2.45, 2.75) is 34.4 Å². The van der Waals surface area contributed by atoms with E-state index in [9.17, 15) is 0 Å². The van der Waals surface area contributed by atoms with Crippen LogP contribution in [0, 0.1) is 6.92 Å². The molecule has 0 N–H and O–H groups in total. The Morgan fingerprint density at radius 1 is 0.604 bits per heavy atom. The van der Waals surface area contributed by atoms with E-state index in [1.807, 2.05) is 0 Å². The SMILES string of the molecule is CC1=Cc2c(-c3ccccc3)cccc2[CH]1[Ti][C]1(Pc2ccccc2C)C=Cc2ccccc21.c1ccc(CCc2ccccc2)cc1. The van der Waals surface area contributed by atoms with E-state index in [-0.39, 0.29) is 3.46 Å². The predicted octanol–water partition coefficient (Wildman–Crippen LogP) is 11.6. The van der Waals surface area contributed by atoms with Gasteiger partial charge in [-0.1, -0.05) is 60.7 Å². The topological polar surface area (TPSA) is 0 Å². The second kappa shape index (κ2) is 15.0. The van der Waals surface area contributed by atoms with Crippen LogP contribution in [0.4, 0.5) is 0 Å². The molecule has 0 aromatic heterocycles. The van der Waals surface area contributed by atoms with E-state index >= 15 is 0 Å². The minimum absolute atomic E-state index is 0.146. The number of hydrogen-bond donors (Lipinski definition) is 0. The van der Waals surface area contributed by atoms with Gasteiger partial charge < -0.3 is 0 Å². The zero-order chi connectivity index (χ0) is 32.8. The summed E-state index contributed by atoms with van der Waals surface area (Å²) >= 11 is -0.435. The molecule has 0 heterocycles. The number of rotatable bonds is 8. The standard InChI is InChI=1S/C16H14P.C16H13.C14H14.Ti/c1-12-6-2-5-9-15(12)17-16-11-10-13-7-3-4-8-14(13)16;1-12-10-14-8-5-9-15(16(14)11-12)13-6-3-2-4-7-13;1-3-7-13(8-4-1)11-12-14-9-5-2-6-10-14;/h2-11,17H,1H3;2-11H,1H3;1-10H,11-12H2;. The predicted molar refractivity (Wildman–Crippen MR) is 205 cm³/mol. The number of benzene rings is 6. The van der Waals surface area contributed by atoms with Gasteiger partial charge in [-0.3, -0.25) is 0 Å². The fraction of sp³-hybridized carbons (Fsp3) is 0.130. The van der Waals surface area contributed by atoms with Gasteiger partial charge >= 0.3 is 214 Å². The van der Waals surface area contributed by atoms with Gasteiger partial charge in [0, 0.05) is 0 Å². The van der Waals surface area contributed by atoms with Gasteiger partial charge in [0.15, 0.2) is 0 Å². The van der Waals surface area contributed by atoms with Crippen molar-refractivity contribution in [3.63, 3.8) is 0 Å². The Bertz CT molecular complexity index is 2010. The van der Waals surface area contributed by atoms with Gasteiger partial charge in [-0.25, -0.2) is 0 Å². The van der Waals surface area contributed by atoms with E-state index in [0.29, 0.717) is 4.22 Å². The second-order valence-corrected chi connectivity index (χ2v) is 17.7. The van der Waals surface area contributed by atoms with Crippen LogP contribution in [0.25, 0.3) is 23.3 Å². The van der Waals surface area contributed by atoms with E-state index in [0.717, 1.165) is 21.4 Å².